The van der Waals surface area contributed by atoms with Crippen molar-refractivity contribution >= 4 is 41.7 Å². The van der Waals surface area contributed by atoms with E-state index in [-0.39, 0.29) is 35.3 Å². The van der Waals surface area contributed by atoms with Crippen molar-refractivity contribution in [3.05, 3.63) is 54.5 Å². The first kappa shape index (κ1) is 22.1. The predicted molar refractivity (Wildman–Crippen MR) is 122 cm³/mol. The number of aliphatic imine (C=N–C) groups is 1. The van der Waals surface area contributed by atoms with E-state index in [9.17, 15) is 5.11 Å². The Bertz CT molecular complexity index is 716. The van der Waals surface area contributed by atoms with Gasteiger partial charge in [-0.1, -0.05) is 18.2 Å². The number of halogens is 1. The Labute approximate surface area is 182 Å². The Balaban J connectivity index is 0.00000261. The van der Waals surface area contributed by atoms with E-state index >= 15 is 0 Å². The van der Waals surface area contributed by atoms with Gasteiger partial charge in [0.25, 0.3) is 0 Å². The van der Waals surface area contributed by atoms with Crippen LogP contribution in [0.2, 0.25) is 0 Å². The summed E-state index contributed by atoms with van der Waals surface area (Å²) in [6, 6.07) is 14.1. The fourth-order valence-corrected chi connectivity index (χ4v) is 3.92. The van der Waals surface area contributed by atoms with Crippen LogP contribution in [0.15, 0.2) is 63.0 Å². The van der Waals surface area contributed by atoms with Crippen molar-refractivity contribution in [1.29, 1.82) is 0 Å². The maximum Gasteiger partial charge on any atom is 0.191 e. The van der Waals surface area contributed by atoms with Crippen molar-refractivity contribution in [3.63, 3.8) is 0 Å². The molecule has 0 aliphatic heterocycles. The Morgan fingerprint density at radius 2 is 1.96 bits per heavy atom. The van der Waals surface area contributed by atoms with Gasteiger partial charge in [0, 0.05) is 22.7 Å². The average molecular weight is 501 g/mol. The molecule has 0 saturated heterocycles. The van der Waals surface area contributed by atoms with Crippen molar-refractivity contribution in [1.82, 2.24) is 10.6 Å². The molecule has 1 unspecified atom stereocenters. The number of aliphatic hydroxyl groups is 1. The zero-order valence-electron chi connectivity index (χ0n) is 15.8. The van der Waals surface area contributed by atoms with E-state index in [1.165, 1.54) is 17.7 Å². The second-order valence-electron chi connectivity index (χ2n) is 6.90. The molecule has 1 aliphatic carbocycles. The summed E-state index contributed by atoms with van der Waals surface area (Å²) >= 11 is 1.93. The van der Waals surface area contributed by atoms with Gasteiger partial charge in [-0.3, -0.25) is 0 Å². The normalized spacial score (nSPS) is 17.5. The molecule has 1 aromatic carbocycles. The van der Waals surface area contributed by atoms with E-state index in [2.05, 4.69) is 39.9 Å². The molecule has 1 aromatic heterocycles. The number of furan rings is 1. The zero-order valence-corrected chi connectivity index (χ0v) is 18.9. The van der Waals surface area contributed by atoms with Crippen LogP contribution in [0.25, 0.3) is 0 Å². The minimum Gasteiger partial charge on any atom is -0.466 e. The molecule has 27 heavy (non-hydrogen) atoms. The largest absolute Gasteiger partial charge is 0.466 e. The molecule has 0 radical (unpaired) electrons. The highest BCUT2D eigenvalue weighted by Crippen LogP contribution is 2.51. The molecule has 0 amide bonds. The monoisotopic (exact) mass is 501 g/mol. The molecule has 0 spiro atoms. The van der Waals surface area contributed by atoms with Gasteiger partial charge in [0.15, 0.2) is 5.96 Å². The maximum atomic E-state index is 10.6. The summed E-state index contributed by atoms with van der Waals surface area (Å²) in [4.78, 5) is 5.85. The Hall–Kier alpha value is -1.19. The molecule has 7 heteroatoms. The van der Waals surface area contributed by atoms with E-state index in [1.807, 2.05) is 24.8 Å². The van der Waals surface area contributed by atoms with Crippen LogP contribution in [-0.4, -0.2) is 35.4 Å². The number of hydrogen-bond acceptors (Lipinski definition) is 4. The first-order valence-electron chi connectivity index (χ1n) is 9.06. The molecule has 2 aromatic rings. The van der Waals surface area contributed by atoms with E-state index in [4.69, 9.17) is 4.42 Å². The first-order valence-corrected chi connectivity index (χ1v) is 9.87. The summed E-state index contributed by atoms with van der Waals surface area (Å²) in [6.45, 7) is 5.60. The number of thioether (sulfide) groups is 1. The Kier molecular flexibility index (Phi) is 8.05. The third-order valence-corrected chi connectivity index (χ3v) is 5.90. The lowest BCUT2D eigenvalue weighted by atomic mass is 10.0. The minimum absolute atomic E-state index is 0. The van der Waals surface area contributed by atoms with Crippen LogP contribution in [0.3, 0.4) is 0 Å². The number of benzene rings is 1. The van der Waals surface area contributed by atoms with Crippen LogP contribution in [-0.2, 0) is 5.60 Å². The second kappa shape index (κ2) is 9.84. The van der Waals surface area contributed by atoms with E-state index in [0.29, 0.717) is 5.76 Å². The van der Waals surface area contributed by atoms with Crippen LogP contribution in [0.5, 0.6) is 0 Å². The van der Waals surface area contributed by atoms with Crippen LogP contribution >= 0.6 is 35.7 Å². The van der Waals surface area contributed by atoms with Gasteiger partial charge in [0.2, 0.25) is 0 Å². The van der Waals surface area contributed by atoms with Gasteiger partial charge < -0.3 is 20.2 Å². The fourth-order valence-electron chi connectivity index (χ4n) is 2.68. The van der Waals surface area contributed by atoms with Crippen molar-refractivity contribution in [2.45, 2.75) is 41.9 Å². The van der Waals surface area contributed by atoms with Crippen molar-refractivity contribution in [2.75, 3.05) is 19.6 Å². The van der Waals surface area contributed by atoms with Crippen LogP contribution < -0.4 is 10.6 Å². The highest BCUT2D eigenvalue weighted by molar-refractivity contribution is 14.0. The van der Waals surface area contributed by atoms with Gasteiger partial charge in [0.1, 0.15) is 11.4 Å². The second-order valence-corrected chi connectivity index (χ2v) is 8.44. The fraction of sp³-hybridized carbons (Fsp3) is 0.450. The topological polar surface area (TPSA) is 69.8 Å². The highest BCUT2D eigenvalue weighted by Gasteiger charge is 2.43. The van der Waals surface area contributed by atoms with Gasteiger partial charge >= 0.3 is 0 Å². The van der Waals surface area contributed by atoms with Crippen molar-refractivity contribution in [3.8, 4) is 0 Å². The summed E-state index contributed by atoms with van der Waals surface area (Å²) in [5.74, 6) is 1.25. The van der Waals surface area contributed by atoms with Gasteiger partial charge in [0.05, 0.1) is 12.8 Å². The van der Waals surface area contributed by atoms with Gasteiger partial charge in [-0.05, 0) is 51.0 Å². The van der Waals surface area contributed by atoms with Crippen molar-refractivity contribution in [2.24, 2.45) is 4.99 Å². The lowest BCUT2D eigenvalue weighted by molar-refractivity contribution is 0.0437. The lowest BCUT2D eigenvalue weighted by Gasteiger charge is -2.21. The summed E-state index contributed by atoms with van der Waals surface area (Å²) in [5.41, 5.74) is -1.12. The third kappa shape index (κ3) is 6.43. The van der Waals surface area contributed by atoms with E-state index in [0.717, 1.165) is 19.0 Å². The van der Waals surface area contributed by atoms with Crippen LogP contribution in [0, 0.1) is 0 Å². The molecule has 1 heterocycles. The van der Waals surface area contributed by atoms with Gasteiger partial charge in [-0.25, -0.2) is 4.99 Å². The molecule has 3 rings (SSSR count). The molecule has 1 fully saturated rings. The standard InChI is InChI=1S/C20H27N3O2S.HI/c1-3-21-18(22-14-19(2,24)17-10-7-13-25-17)23-15-20(11-12-20)26-16-8-5-4-6-9-16;/h4-10,13,24H,3,11-12,14-15H2,1-2H3,(H2,21,22,23);1H. The predicted octanol–water partition coefficient (Wildman–Crippen LogP) is 3.99. The van der Waals surface area contributed by atoms with Gasteiger partial charge in [-0.15, -0.1) is 35.7 Å². The summed E-state index contributed by atoms with van der Waals surface area (Å²) in [5, 5.41) is 17.3. The number of nitrogens with one attached hydrogen (secondary N) is 2. The number of guanidine groups is 1. The van der Waals surface area contributed by atoms with E-state index in [1.54, 1.807) is 25.3 Å². The average Bonchev–Trinajstić information content (AvgIpc) is 3.16. The number of rotatable bonds is 8. The molecule has 3 N–H and O–H groups in total. The molecule has 148 valence electrons. The van der Waals surface area contributed by atoms with Crippen LogP contribution in [0.1, 0.15) is 32.4 Å². The summed E-state index contributed by atoms with van der Waals surface area (Å²) < 4.78 is 5.55. The number of nitrogens with zero attached hydrogens (tertiary/aromatic N) is 1. The third-order valence-electron chi connectivity index (χ3n) is 4.40. The van der Waals surface area contributed by atoms with Crippen LogP contribution in [0.4, 0.5) is 0 Å². The van der Waals surface area contributed by atoms with Gasteiger partial charge in [-0.2, -0.15) is 0 Å². The van der Waals surface area contributed by atoms with E-state index < -0.39 is 5.60 Å². The molecule has 1 atom stereocenters. The Morgan fingerprint density at radius 1 is 1.22 bits per heavy atom. The molecular formula is C20H28IN3O2S. The quantitative estimate of drug-likeness (QED) is 0.290. The molecule has 0 bridgehead atoms. The smallest absolute Gasteiger partial charge is 0.191 e. The maximum absolute atomic E-state index is 10.6. The highest BCUT2D eigenvalue weighted by atomic mass is 127. The number of hydrogen-bond donors (Lipinski definition) is 3. The zero-order chi connectivity index (χ0) is 18.5. The Morgan fingerprint density at radius 3 is 2.56 bits per heavy atom. The minimum atomic E-state index is -1.12. The summed E-state index contributed by atoms with van der Waals surface area (Å²) in [7, 11) is 0. The molecular weight excluding hydrogens is 473 g/mol. The van der Waals surface area contributed by atoms with Crippen molar-refractivity contribution < 1.29 is 9.52 Å². The first-order chi connectivity index (χ1) is 12.5. The molecule has 5 nitrogen and oxygen atoms in total. The SMILES string of the molecule is CCNC(=NCC(C)(O)c1ccco1)NCC1(Sc2ccccc2)CC1.I. The lowest BCUT2D eigenvalue weighted by Crippen LogP contribution is -2.42. The molecule has 1 saturated carbocycles. The molecule has 1 aliphatic rings. The summed E-state index contributed by atoms with van der Waals surface area (Å²) in [6.07, 6.45) is 3.96.